The van der Waals surface area contributed by atoms with Gasteiger partial charge in [0.15, 0.2) is 0 Å². The summed E-state index contributed by atoms with van der Waals surface area (Å²) in [4.78, 5) is 5.29. The summed E-state index contributed by atoms with van der Waals surface area (Å²) in [7, 11) is 0. The second kappa shape index (κ2) is 3.22. The fourth-order valence-corrected chi connectivity index (χ4v) is 2.76. The first-order chi connectivity index (χ1) is 7.25. The van der Waals surface area contributed by atoms with Crippen molar-refractivity contribution in [2.24, 2.45) is 0 Å². The number of thiazole rings is 1. The third kappa shape index (κ3) is 1.34. The molecular formula is C11H8ClNOS. The summed E-state index contributed by atoms with van der Waals surface area (Å²) < 4.78 is 5.69. The summed E-state index contributed by atoms with van der Waals surface area (Å²) in [6.07, 6.45) is 0.0216. The molecule has 4 heteroatoms. The van der Waals surface area contributed by atoms with Crippen molar-refractivity contribution in [2.45, 2.75) is 13.0 Å². The van der Waals surface area contributed by atoms with E-state index in [4.69, 9.17) is 16.3 Å². The van der Waals surface area contributed by atoms with Crippen LogP contribution >= 0.6 is 22.9 Å². The van der Waals surface area contributed by atoms with Gasteiger partial charge in [0.2, 0.25) is 5.88 Å². The van der Waals surface area contributed by atoms with Gasteiger partial charge in [-0.1, -0.05) is 17.7 Å². The van der Waals surface area contributed by atoms with Crippen molar-refractivity contribution in [1.82, 2.24) is 4.98 Å². The maximum Gasteiger partial charge on any atom is 0.233 e. The van der Waals surface area contributed by atoms with Crippen molar-refractivity contribution in [2.75, 3.05) is 0 Å². The van der Waals surface area contributed by atoms with Gasteiger partial charge in [-0.15, -0.1) is 11.3 Å². The van der Waals surface area contributed by atoms with E-state index in [0.717, 1.165) is 21.3 Å². The molecule has 0 fully saturated rings. The number of benzene rings is 1. The molecule has 0 saturated carbocycles. The molecule has 1 aromatic heterocycles. The zero-order valence-electron chi connectivity index (χ0n) is 8.03. The highest BCUT2D eigenvalue weighted by Gasteiger charge is 2.25. The van der Waals surface area contributed by atoms with Crippen LogP contribution in [0.5, 0.6) is 5.88 Å². The quantitative estimate of drug-likeness (QED) is 0.693. The molecule has 1 aromatic carbocycles. The van der Waals surface area contributed by atoms with Crippen LogP contribution in [-0.2, 0) is 0 Å². The van der Waals surface area contributed by atoms with Gasteiger partial charge in [0.1, 0.15) is 6.10 Å². The summed E-state index contributed by atoms with van der Waals surface area (Å²) in [6.45, 7) is 2.01. The first-order valence-electron chi connectivity index (χ1n) is 4.65. The first-order valence-corrected chi connectivity index (χ1v) is 5.91. The average Bonchev–Trinajstić information content (AvgIpc) is 2.66. The number of fused-ring (bicyclic) bond motifs is 3. The number of rotatable bonds is 0. The lowest BCUT2D eigenvalue weighted by atomic mass is 10.0. The molecule has 0 aliphatic carbocycles. The summed E-state index contributed by atoms with van der Waals surface area (Å²) >= 11 is 7.57. The van der Waals surface area contributed by atoms with Crippen molar-refractivity contribution >= 4 is 22.9 Å². The number of hydrogen-bond donors (Lipinski definition) is 0. The molecule has 3 rings (SSSR count). The molecule has 15 heavy (non-hydrogen) atoms. The van der Waals surface area contributed by atoms with Crippen LogP contribution in [0, 0.1) is 0 Å². The number of ether oxygens (including phenoxy) is 1. The Morgan fingerprint density at radius 1 is 1.47 bits per heavy atom. The highest BCUT2D eigenvalue weighted by molar-refractivity contribution is 7.13. The number of aromatic nitrogens is 1. The second-order valence-electron chi connectivity index (χ2n) is 3.48. The van der Waals surface area contributed by atoms with Crippen LogP contribution in [0.4, 0.5) is 0 Å². The fourth-order valence-electron chi connectivity index (χ4n) is 1.81. The minimum atomic E-state index is 0.0216. The van der Waals surface area contributed by atoms with Gasteiger partial charge >= 0.3 is 0 Å². The van der Waals surface area contributed by atoms with Crippen LogP contribution in [0.25, 0.3) is 10.4 Å². The Kier molecular flexibility index (Phi) is 1.97. The molecule has 2 nitrogen and oxygen atoms in total. The lowest BCUT2D eigenvalue weighted by Crippen LogP contribution is -2.09. The molecule has 0 N–H and O–H groups in total. The number of nitrogens with zero attached hydrogens (tertiary/aromatic N) is 1. The van der Waals surface area contributed by atoms with Gasteiger partial charge in [0, 0.05) is 16.1 Å². The SMILES string of the molecule is CC1Oc2ncsc2-c2ccc(Cl)cc21. The van der Waals surface area contributed by atoms with E-state index in [1.54, 1.807) is 16.8 Å². The molecule has 0 spiro atoms. The average molecular weight is 238 g/mol. The lowest BCUT2D eigenvalue weighted by Gasteiger charge is -2.22. The monoisotopic (exact) mass is 237 g/mol. The molecule has 0 saturated heterocycles. The molecule has 0 bridgehead atoms. The Balaban J connectivity index is 2.28. The Morgan fingerprint density at radius 3 is 3.20 bits per heavy atom. The van der Waals surface area contributed by atoms with Gasteiger partial charge < -0.3 is 4.74 Å². The third-order valence-corrected chi connectivity index (χ3v) is 3.60. The fraction of sp³-hybridized carbons (Fsp3) is 0.182. The highest BCUT2D eigenvalue weighted by atomic mass is 35.5. The van der Waals surface area contributed by atoms with Crippen LogP contribution in [0.3, 0.4) is 0 Å². The van der Waals surface area contributed by atoms with Crippen molar-refractivity contribution in [3.8, 4) is 16.3 Å². The Morgan fingerprint density at radius 2 is 2.33 bits per heavy atom. The molecule has 76 valence electrons. The maximum atomic E-state index is 5.98. The topological polar surface area (TPSA) is 22.1 Å². The molecule has 0 radical (unpaired) electrons. The number of halogens is 1. The third-order valence-electron chi connectivity index (χ3n) is 2.52. The number of hydrogen-bond acceptors (Lipinski definition) is 3. The molecule has 1 atom stereocenters. The Bertz CT molecular complexity index is 523. The van der Waals surface area contributed by atoms with E-state index in [9.17, 15) is 0 Å². The minimum Gasteiger partial charge on any atom is -0.469 e. The van der Waals surface area contributed by atoms with E-state index in [0.29, 0.717) is 0 Å². The minimum absolute atomic E-state index is 0.0216. The van der Waals surface area contributed by atoms with Crippen molar-refractivity contribution in [3.05, 3.63) is 34.3 Å². The van der Waals surface area contributed by atoms with Crippen molar-refractivity contribution in [1.29, 1.82) is 0 Å². The van der Waals surface area contributed by atoms with Gasteiger partial charge in [0.05, 0.1) is 10.4 Å². The summed E-state index contributed by atoms with van der Waals surface area (Å²) in [5, 5.41) is 0.747. The normalized spacial score (nSPS) is 17.9. The van der Waals surface area contributed by atoms with Gasteiger partial charge in [-0.3, -0.25) is 0 Å². The first kappa shape index (κ1) is 9.19. The van der Waals surface area contributed by atoms with Crippen LogP contribution < -0.4 is 4.74 Å². The van der Waals surface area contributed by atoms with E-state index in [1.807, 2.05) is 25.1 Å². The highest BCUT2D eigenvalue weighted by Crippen LogP contribution is 2.44. The van der Waals surface area contributed by atoms with Gasteiger partial charge in [-0.2, -0.15) is 0 Å². The van der Waals surface area contributed by atoms with E-state index in [1.165, 1.54) is 5.56 Å². The molecule has 1 unspecified atom stereocenters. The van der Waals surface area contributed by atoms with Crippen molar-refractivity contribution < 1.29 is 4.74 Å². The lowest BCUT2D eigenvalue weighted by molar-refractivity contribution is 0.215. The summed E-state index contributed by atoms with van der Waals surface area (Å²) in [5.74, 6) is 0.738. The van der Waals surface area contributed by atoms with Crippen molar-refractivity contribution in [3.63, 3.8) is 0 Å². The van der Waals surface area contributed by atoms with Gasteiger partial charge in [0.25, 0.3) is 0 Å². The summed E-state index contributed by atoms with van der Waals surface area (Å²) in [5.41, 5.74) is 4.14. The van der Waals surface area contributed by atoms with E-state index in [2.05, 4.69) is 4.98 Å². The zero-order chi connectivity index (χ0) is 10.4. The van der Waals surface area contributed by atoms with Crippen LogP contribution in [0.1, 0.15) is 18.6 Å². The van der Waals surface area contributed by atoms with E-state index in [-0.39, 0.29) is 6.10 Å². The molecule has 1 aliphatic heterocycles. The van der Waals surface area contributed by atoms with E-state index >= 15 is 0 Å². The Labute approximate surface area is 96.5 Å². The van der Waals surface area contributed by atoms with Gasteiger partial charge in [-0.25, -0.2) is 4.98 Å². The second-order valence-corrected chi connectivity index (χ2v) is 4.77. The largest absolute Gasteiger partial charge is 0.469 e. The van der Waals surface area contributed by atoms with Crippen LogP contribution in [0.15, 0.2) is 23.7 Å². The Hall–Kier alpha value is -1.06. The predicted octanol–water partition coefficient (Wildman–Crippen LogP) is 3.92. The van der Waals surface area contributed by atoms with Crippen LogP contribution in [0.2, 0.25) is 5.02 Å². The zero-order valence-corrected chi connectivity index (χ0v) is 9.60. The predicted molar refractivity (Wildman–Crippen MR) is 61.6 cm³/mol. The molecule has 0 amide bonds. The van der Waals surface area contributed by atoms with E-state index < -0.39 is 0 Å². The standard InChI is InChI=1S/C11H8ClNOS/c1-6-9-4-7(12)2-3-8(9)10-11(14-6)13-5-15-10/h2-6H,1H3. The smallest absolute Gasteiger partial charge is 0.233 e. The van der Waals surface area contributed by atoms with Gasteiger partial charge in [-0.05, 0) is 19.1 Å². The summed E-state index contributed by atoms with van der Waals surface area (Å²) in [6, 6.07) is 5.90. The molecule has 2 heterocycles. The van der Waals surface area contributed by atoms with Crippen LogP contribution in [-0.4, -0.2) is 4.98 Å². The molecule has 2 aromatic rings. The molecular weight excluding hydrogens is 230 g/mol. The maximum absolute atomic E-state index is 5.98. The molecule has 1 aliphatic rings.